The number of hydrogen-bond acceptors (Lipinski definition) is 3. The third-order valence-corrected chi connectivity index (χ3v) is 4.81. The summed E-state index contributed by atoms with van der Waals surface area (Å²) >= 11 is 0. The van der Waals surface area contributed by atoms with Gasteiger partial charge < -0.3 is 5.32 Å². The molecule has 5 heteroatoms. The van der Waals surface area contributed by atoms with Crippen molar-refractivity contribution >= 4 is 10.0 Å². The third kappa shape index (κ3) is 3.57. The average Bonchev–Trinajstić information content (AvgIpc) is 2.70. The lowest BCUT2D eigenvalue weighted by Gasteiger charge is -2.23. The van der Waals surface area contributed by atoms with Crippen LogP contribution in [0.2, 0.25) is 0 Å². The van der Waals surface area contributed by atoms with Gasteiger partial charge in [0.15, 0.2) is 0 Å². The Morgan fingerprint density at radius 3 is 2.69 bits per heavy atom. The van der Waals surface area contributed by atoms with E-state index in [9.17, 15) is 8.42 Å². The van der Waals surface area contributed by atoms with E-state index in [-0.39, 0.29) is 17.7 Å². The number of rotatable bonds is 4. The van der Waals surface area contributed by atoms with Gasteiger partial charge in [0.25, 0.3) is 0 Å². The molecule has 0 aromatic rings. The Morgan fingerprint density at radius 1 is 1.31 bits per heavy atom. The molecule has 0 bridgehead atoms. The van der Waals surface area contributed by atoms with Gasteiger partial charge in [0.05, 0.1) is 5.75 Å². The van der Waals surface area contributed by atoms with Crippen LogP contribution in [0.3, 0.4) is 0 Å². The molecular formula is C11H20N2O2S. The Bertz CT molecular complexity index is 337. The molecule has 0 amide bonds. The molecule has 2 N–H and O–H groups in total. The van der Waals surface area contributed by atoms with Gasteiger partial charge in [-0.2, -0.15) is 0 Å². The van der Waals surface area contributed by atoms with Crippen LogP contribution in [0.15, 0.2) is 12.2 Å². The molecule has 0 aromatic heterocycles. The smallest absolute Gasteiger partial charge is 0.212 e. The summed E-state index contributed by atoms with van der Waals surface area (Å²) in [5.41, 5.74) is 0. The fraction of sp³-hybridized carbons (Fsp3) is 0.818. The van der Waals surface area contributed by atoms with Gasteiger partial charge >= 0.3 is 0 Å². The predicted molar refractivity (Wildman–Crippen MR) is 64.7 cm³/mol. The van der Waals surface area contributed by atoms with Crippen molar-refractivity contribution in [2.24, 2.45) is 5.92 Å². The molecule has 16 heavy (non-hydrogen) atoms. The Kier molecular flexibility index (Phi) is 4.00. The van der Waals surface area contributed by atoms with Gasteiger partial charge in [-0.05, 0) is 44.7 Å². The molecule has 1 unspecified atom stereocenters. The first-order valence-electron chi connectivity index (χ1n) is 6.01. The minimum Gasteiger partial charge on any atom is -0.316 e. The maximum atomic E-state index is 11.9. The number of nitrogens with one attached hydrogen (secondary N) is 2. The Hall–Kier alpha value is -0.390. The maximum Gasteiger partial charge on any atom is 0.212 e. The minimum absolute atomic E-state index is 0.0987. The molecule has 0 aromatic carbocycles. The van der Waals surface area contributed by atoms with Gasteiger partial charge in [0, 0.05) is 6.04 Å². The number of hydrogen-bond donors (Lipinski definition) is 2. The highest BCUT2D eigenvalue weighted by Crippen LogP contribution is 2.15. The molecule has 0 saturated carbocycles. The summed E-state index contributed by atoms with van der Waals surface area (Å²) in [5.74, 6) is 0.553. The van der Waals surface area contributed by atoms with Crippen LogP contribution in [-0.2, 0) is 10.0 Å². The topological polar surface area (TPSA) is 58.2 Å². The van der Waals surface area contributed by atoms with Crippen LogP contribution in [-0.4, -0.2) is 33.3 Å². The van der Waals surface area contributed by atoms with Crippen molar-refractivity contribution in [3.63, 3.8) is 0 Å². The fourth-order valence-electron chi connectivity index (χ4n) is 2.39. The van der Waals surface area contributed by atoms with E-state index in [4.69, 9.17) is 0 Å². The molecular weight excluding hydrogens is 224 g/mol. The standard InChI is InChI=1S/C11H20N2O2S/c14-16(15,13-11-5-1-2-6-11)9-10-4-3-7-12-8-10/h1-2,10-13H,3-9H2. The lowest BCUT2D eigenvalue weighted by atomic mass is 10.0. The van der Waals surface area contributed by atoms with Gasteiger partial charge in [-0.1, -0.05) is 12.2 Å². The van der Waals surface area contributed by atoms with E-state index in [1.807, 2.05) is 12.2 Å². The van der Waals surface area contributed by atoms with Crippen LogP contribution in [0, 0.1) is 5.92 Å². The summed E-state index contributed by atoms with van der Waals surface area (Å²) in [5, 5.41) is 3.25. The van der Waals surface area contributed by atoms with Gasteiger partial charge in [0.2, 0.25) is 10.0 Å². The van der Waals surface area contributed by atoms with Crippen LogP contribution < -0.4 is 10.0 Å². The first kappa shape index (κ1) is 12.1. The van der Waals surface area contributed by atoms with Crippen molar-refractivity contribution in [3.8, 4) is 0 Å². The second kappa shape index (κ2) is 5.29. The van der Waals surface area contributed by atoms with Crippen LogP contribution in [0.1, 0.15) is 25.7 Å². The SMILES string of the molecule is O=S(=O)(CC1CCCNC1)NC1CC=CC1. The summed E-state index contributed by atoms with van der Waals surface area (Å²) in [6, 6.07) is 0.0987. The van der Waals surface area contributed by atoms with E-state index in [1.165, 1.54) is 0 Å². The van der Waals surface area contributed by atoms with Crippen LogP contribution in [0.5, 0.6) is 0 Å². The first-order valence-corrected chi connectivity index (χ1v) is 7.67. The zero-order valence-corrected chi connectivity index (χ0v) is 10.3. The molecule has 2 rings (SSSR count). The van der Waals surface area contributed by atoms with E-state index in [0.29, 0.717) is 0 Å². The van der Waals surface area contributed by atoms with Crippen LogP contribution in [0.25, 0.3) is 0 Å². The highest BCUT2D eigenvalue weighted by molar-refractivity contribution is 7.89. The molecule has 1 heterocycles. The van der Waals surface area contributed by atoms with Crippen molar-refractivity contribution in [2.75, 3.05) is 18.8 Å². The quantitative estimate of drug-likeness (QED) is 0.713. The Labute approximate surface area is 97.5 Å². The van der Waals surface area contributed by atoms with E-state index >= 15 is 0 Å². The van der Waals surface area contributed by atoms with E-state index in [1.54, 1.807) is 0 Å². The van der Waals surface area contributed by atoms with Gasteiger partial charge in [-0.25, -0.2) is 13.1 Å². The van der Waals surface area contributed by atoms with Crippen molar-refractivity contribution < 1.29 is 8.42 Å². The van der Waals surface area contributed by atoms with Crippen LogP contribution >= 0.6 is 0 Å². The maximum absolute atomic E-state index is 11.9. The summed E-state index contributed by atoms with van der Waals surface area (Å²) in [6.07, 6.45) is 7.86. The van der Waals surface area contributed by atoms with Crippen molar-refractivity contribution in [2.45, 2.75) is 31.7 Å². The molecule has 1 atom stereocenters. The summed E-state index contributed by atoms with van der Waals surface area (Å²) in [4.78, 5) is 0. The minimum atomic E-state index is -3.09. The van der Waals surface area contributed by atoms with Crippen LogP contribution in [0.4, 0.5) is 0 Å². The molecule has 1 aliphatic heterocycles. The number of sulfonamides is 1. The summed E-state index contributed by atoms with van der Waals surface area (Å²) in [6.45, 7) is 1.86. The number of piperidine rings is 1. The van der Waals surface area contributed by atoms with Gasteiger partial charge in [-0.3, -0.25) is 0 Å². The van der Waals surface area contributed by atoms with E-state index in [0.717, 1.165) is 38.8 Å². The largest absolute Gasteiger partial charge is 0.316 e. The zero-order chi connectivity index (χ0) is 11.4. The Morgan fingerprint density at radius 2 is 2.06 bits per heavy atom. The lowest BCUT2D eigenvalue weighted by molar-refractivity contribution is 0.402. The van der Waals surface area contributed by atoms with Crippen molar-refractivity contribution in [1.29, 1.82) is 0 Å². The molecule has 0 radical (unpaired) electrons. The monoisotopic (exact) mass is 244 g/mol. The molecule has 4 nitrogen and oxygen atoms in total. The predicted octanol–water partition coefficient (Wildman–Crippen LogP) is 0.624. The highest BCUT2D eigenvalue weighted by atomic mass is 32.2. The first-order chi connectivity index (χ1) is 7.66. The zero-order valence-electron chi connectivity index (χ0n) is 9.48. The average molecular weight is 244 g/mol. The third-order valence-electron chi connectivity index (χ3n) is 3.21. The normalized spacial score (nSPS) is 27.4. The molecule has 1 fully saturated rings. The molecule has 1 saturated heterocycles. The van der Waals surface area contributed by atoms with E-state index in [2.05, 4.69) is 10.0 Å². The molecule has 0 spiro atoms. The molecule has 2 aliphatic rings. The second-order valence-corrected chi connectivity index (χ2v) is 6.55. The van der Waals surface area contributed by atoms with Gasteiger partial charge in [0.1, 0.15) is 0 Å². The Balaban J connectivity index is 1.81. The molecule has 1 aliphatic carbocycles. The summed E-state index contributed by atoms with van der Waals surface area (Å²) < 4.78 is 26.6. The van der Waals surface area contributed by atoms with E-state index < -0.39 is 10.0 Å². The second-order valence-electron chi connectivity index (χ2n) is 4.75. The fourth-order valence-corrected chi connectivity index (χ4v) is 4.09. The van der Waals surface area contributed by atoms with Crippen molar-refractivity contribution in [1.82, 2.24) is 10.0 Å². The van der Waals surface area contributed by atoms with Crippen molar-refractivity contribution in [3.05, 3.63) is 12.2 Å². The molecule has 92 valence electrons. The highest BCUT2D eigenvalue weighted by Gasteiger charge is 2.23. The van der Waals surface area contributed by atoms with Gasteiger partial charge in [-0.15, -0.1) is 0 Å². The lowest BCUT2D eigenvalue weighted by Crippen LogP contribution is -2.40. The summed E-state index contributed by atoms with van der Waals surface area (Å²) in [7, 11) is -3.09.